The van der Waals surface area contributed by atoms with E-state index in [0.717, 1.165) is 0 Å². The molecule has 20 heavy (non-hydrogen) atoms. The van der Waals surface area contributed by atoms with Crippen molar-refractivity contribution in [2.24, 2.45) is 5.92 Å². The average Bonchev–Trinajstić information content (AvgIpc) is 2.95. The van der Waals surface area contributed by atoms with Crippen LogP contribution < -0.4 is 0 Å². The molecule has 1 aliphatic heterocycles. The normalized spacial score (nSPS) is 22.9. The molecule has 110 valence electrons. The van der Waals surface area contributed by atoms with E-state index >= 15 is 0 Å². The van der Waals surface area contributed by atoms with Gasteiger partial charge in [-0.25, -0.2) is 4.79 Å². The lowest BCUT2D eigenvalue weighted by molar-refractivity contribution is -0.142. The van der Waals surface area contributed by atoms with Gasteiger partial charge in [0.15, 0.2) is 0 Å². The van der Waals surface area contributed by atoms with Crippen LogP contribution in [0.2, 0.25) is 0 Å². The minimum atomic E-state index is -0.933. The van der Waals surface area contributed by atoms with Gasteiger partial charge >= 0.3 is 12.1 Å². The predicted molar refractivity (Wildman–Crippen MR) is 70.1 cm³/mol. The minimum Gasteiger partial charge on any atom is -0.481 e. The van der Waals surface area contributed by atoms with Gasteiger partial charge in [0.1, 0.15) is 17.4 Å². The number of rotatable bonds is 2. The first-order chi connectivity index (χ1) is 9.29. The Bertz CT molecular complexity index is 488. The number of carboxylic acid groups (broad SMARTS) is 1. The number of carbonyl (C=O) groups excluding carboxylic acids is 1. The van der Waals surface area contributed by atoms with E-state index in [-0.39, 0.29) is 0 Å². The molecule has 2 rings (SSSR count). The van der Waals surface area contributed by atoms with E-state index in [0.29, 0.717) is 18.7 Å². The molecule has 0 unspecified atom stereocenters. The van der Waals surface area contributed by atoms with Gasteiger partial charge in [0.05, 0.1) is 12.2 Å². The number of carboxylic acids is 1. The number of hydrogen-bond acceptors (Lipinski definition) is 4. The maximum absolute atomic E-state index is 12.2. The molecular weight excluding hydrogens is 262 g/mol. The van der Waals surface area contributed by atoms with Gasteiger partial charge in [0.2, 0.25) is 0 Å². The SMILES string of the molecule is CC(C)(C)OC(=O)N1CC[C@H](C(=O)O)[C@@H]1c1ccco1. The fourth-order valence-corrected chi connectivity index (χ4v) is 2.39. The standard InChI is InChI=1S/C14H19NO5/c1-14(2,3)20-13(18)15-7-6-9(12(16)17)11(15)10-5-4-8-19-10/h4-5,8-9,11H,6-7H2,1-3H3,(H,16,17)/t9-,11+/m0/s1. The summed E-state index contributed by atoms with van der Waals surface area (Å²) in [6.07, 6.45) is 1.35. The number of ether oxygens (including phenoxy) is 1. The summed E-state index contributed by atoms with van der Waals surface area (Å²) in [5.41, 5.74) is -0.619. The molecule has 1 aliphatic rings. The second kappa shape index (κ2) is 5.19. The van der Waals surface area contributed by atoms with Crippen LogP contribution in [0, 0.1) is 5.92 Å². The Balaban J connectivity index is 2.24. The lowest BCUT2D eigenvalue weighted by Gasteiger charge is -2.28. The first kappa shape index (κ1) is 14.4. The molecule has 1 N–H and O–H groups in total. The summed E-state index contributed by atoms with van der Waals surface area (Å²) >= 11 is 0. The number of aliphatic carboxylic acids is 1. The first-order valence-corrected chi connectivity index (χ1v) is 6.55. The Kier molecular flexibility index (Phi) is 3.74. The molecule has 0 saturated carbocycles. The monoisotopic (exact) mass is 281 g/mol. The van der Waals surface area contributed by atoms with Gasteiger partial charge in [0, 0.05) is 6.54 Å². The molecule has 6 nitrogen and oxygen atoms in total. The Morgan fingerprint density at radius 2 is 2.15 bits per heavy atom. The molecule has 6 heteroatoms. The molecular formula is C14H19NO5. The van der Waals surface area contributed by atoms with E-state index < -0.39 is 29.6 Å². The molecule has 1 saturated heterocycles. The summed E-state index contributed by atoms with van der Waals surface area (Å²) in [4.78, 5) is 25.0. The Morgan fingerprint density at radius 3 is 2.65 bits per heavy atom. The smallest absolute Gasteiger partial charge is 0.410 e. The molecule has 1 aromatic heterocycles. The summed E-state index contributed by atoms with van der Waals surface area (Å²) < 4.78 is 10.6. The highest BCUT2D eigenvalue weighted by molar-refractivity contribution is 5.75. The molecule has 0 aliphatic carbocycles. The predicted octanol–water partition coefficient (Wildman–Crippen LogP) is 2.66. The van der Waals surface area contributed by atoms with Gasteiger partial charge in [0.25, 0.3) is 0 Å². The molecule has 1 amide bonds. The topological polar surface area (TPSA) is 80.0 Å². The van der Waals surface area contributed by atoms with Crippen molar-refractivity contribution in [3.05, 3.63) is 24.2 Å². The van der Waals surface area contributed by atoms with Crippen LogP contribution >= 0.6 is 0 Å². The number of carbonyl (C=O) groups is 2. The molecule has 0 bridgehead atoms. The van der Waals surface area contributed by atoms with E-state index in [1.807, 2.05) is 0 Å². The zero-order valence-electron chi connectivity index (χ0n) is 11.8. The van der Waals surface area contributed by atoms with Crippen LogP contribution in [0.3, 0.4) is 0 Å². The van der Waals surface area contributed by atoms with Crippen molar-refractivity contribution < 1.29 is 23.8 Å². The summed E-state index contributed by atoms with van der Waals surface area (Å²) in [6, 6.07) is 2.75. The van der Waals surface area contributed by atoms with Crippen molar-refractivity contribution in [2.45, 2.75) is 38.8 Å². The Morgan fingerprint density at radius 1 is 1.45 bits per heavy atom. The summed E-state index contributed by atoms with van der Waals surface area (Å²) in [5, 5.41) is 9.29. The van der Waals surface area contributed by atoms with Crippen LogP contribution in [-0.4, -0.2) is 34.2 Å². The molecule has 0 spiro atoms. The lowest BCUT2D eigenvalue weighted by Crippen LogP contribution is -2.38. The van der Waals surface area contributed by atoms with Crippen molar-refractivity contribution in [3.63, 3.8) is 0 Å². The molecule has 2 atom stereocenters. The van der Waals surface area contributed by atoms with E-state index in [9.17, 15) is 14.7 Å². The number of hydrogen-bond donors (Lipinski definition) is 1. The van der Waals surface area contributed by atoms with Crippen LogP contribution in [0.5, 0.6) is 0 Å². The van der Waals surface area contributed by atoms with Crippen LogP contribution in [0.25, 0.3) is 0 Å². The fourth-order valence-electron chi connectivity index (χ4n) is 2.39. The largest absolute Gasteiger partial charge is 0.481 e. The van der Waals surface area contributed by atoms with Crippen LogP contribution in [0.4, 0.5) is 4.79 Å². The van der Waals surface area contributed by atoms with Crippen molar-refractivity contribution in [3.8, 4) is 0 Å². The third-order valence-electron chi connectivity index (χ3n) is 3.18. The number of amides is 1. The lowest BCUT2D eigenvalue weighted by atomic mass is 9.99. The highest BCUT2D eigenvalue weighted by Crippen LogP contribution is 2.38. The molecule has 1 fully saturated rings. The highest BCUT2D eigenvalue weighted by atomic mass is 16.6. The van der Waals surface area contributed by atoms with Crippen molar-refractivity contribution in [2.75, 3.05) is 6.54 Å². The summed E-state index contributed by atoms with van der Waals surface area (Å²) in [5.74, 6) is -1.13. The van der Waals surface area contributed by atoms with E-state index in [2.05, 4.69) is 0 Å². The number of furan rings is 1. The van der Waals surface area contributed by atoms with Crippen LogP contribution in [-0.2, 0) is 9.53 Å². The average molecular weight is 281 g/mol. The van der Waals surface area contributed by atoms with E-state index in [4.69, 9.17) is 9.15 Å². The third kappa shape index (κ3) is 2.95. The first-order valence-electron chi connectivity index (χ1n) is 6.55. The van der Waals surface area contributed by atoms with E-state index in [1.54, 1.807) is 32.9 Å². The third-order valence-corrected chi connectivity index (χ3v) is 3.18. The minimum absolute atomic E-state index is 0.344. The van der Waals surface area contributed by atoms with Crippen molar-refractivity contribution in [1.29, 1.82) is 0 Å². The van der Waals surface area contributed by atoms with Gasteiger partial charge in [-0.3, -0.25) is 9.69 Å². The van der Waals surface area contributed by atoms with Crippen LogP contribution in [0.15, 0.2) is 22.8 Å². The van der Waals surface area contributed by atoms with Gasteiger partial charge in [-0.05, 0) is 39.3 Å². The maximum Gasteiger partial charge on any atom is 0.410 e. The van der Waals surface area contributed by atoms with Crippen molar-refractivity contribution >= 4 is 12.1 Å². The molecule has 2 heterocycles. The maximum atomic E-state index is 12.2. The second-order valence-electron chi connectivity index (χ2n) is 5.87. The Labute approximate surface area is 117 Å². The Hall–Kier alpha value is -1.98. The van der Waals surface area contributed by atoms with Crippen molar-refractivity contribution in [1.82, 2.24) is 4.90 Å². The van der Waals surface area contributed by atoms with Gasteiger partial charge in [-0.2, -0.15) is 0 Å². The van der Waals surface area contributed by atoms with Crippen LogP contribution in [0.1, 0.15) is 39.0 Å². The van der Waals surface area contributed by atoms with E-state index in [1.165, 1.54) is 11.2 Å². The number of likely N-dealkylation sites (tertiary alicyclic amines) is 1. The molecule has 0 radical (unpaired) electrons. The highest BCUT2D eigenvalue weighted by Gasteiger charge is 2.45. The molecule has 1 aromatic rings. The van der Waals surface area contributed by atoms with Gasteiger partial charge in [-0.15, -0.1) is 0 Å². The number of nitrogens with zero attached hydrogens (tertiary/aromatic N) is 1. The summed E-state index contributed by atoms with van der Waals surface area (Å²) in [6.45, 7) is 5.67. The van der Waals surface area contributed by atoms with Gasteiger partial charge < -0.3 is 14.3 Å². The summed E-state index contributed by atoms with van der Waals surface area (Å²) in [7, 11) is 0. The second-order valence-corrected chi connectivity index (χ2v) is 5.87. The fraction of sp³-hybridized carbons (Fsp3) is 0.571. The zero-order valence-corrected chi connectivity index (χ0v) is 11.8. The zero-order chi connectivity index (χ0) is 14.9. The van der Waals surface area contributed by atoms with Gasteiger partial charge in [-0.1, -0.05) is 0 Å². The molecule has 0 aromatic carbocycles. The quantitative estimate of drug-likeness (QED) is 0.901.